The molecule has 2 heterocycles. The van der Waals surface area contributed by atoms with Crippen LogP contribution < -0.4 is 0 Å². The first-order valence-corrected chi connectivity index (χ1v) is 12.0. The van der Waals surface area contributed by atoms with Gasteiger partial charge in [0.2, 0.25) is 0 Å². The Balaban J connectivity index is 2.30. The van der Waals surface area contributed by atoms with Crippen LogP contribution in [0.2, 0.25) is 18.1 Å². The predicted molar refractivity (Wildman–Crippen MR) is 97.9 cm³/mol. The number of aliphatic hydroxyl groups excluding tert-OH is 1. The van der Waals surface area contributed by atoms with E-state index in [4.69, 9.17) is 23.4 Å². The minimum Gasteiger partial charge on any atom is -0.408 e. The van der Waals surface area contributed by atoms with Crippen molar-refractivity contribution in [2.75, 3.05) is 13.2 Å². The van der Waals surface area contributed by atoms with E-state index < -0.39 is 32.1 Å². The quantitative estimate of drug-likeness (QED) is 0.744. The fourth-order valence-corrected chi connectivity index (χ4v) is 4.35. The van der Waals surface area contributed by atoms with Gasteiger partial charge in [-0.2, -0.15) is 0 Å². The average Bonchev–Trinajstić information content (AvgIpc) is 2.93. The van der Waals surface area contributed by atoms with Gasteiger partial charge < -0.3 is 28.5 Å². The first kappa shape index (κ1) is 21.3. The molecule has 0 spiro atoms. The van der Waals surface area contributed by atoms with Crippen molar-refractivity contribution in [2.45, 2.75) is 103 Å². The van der Waals surface area contributed by atoms with Crippen molar-refractivity contribution in [2.24, 2.45) is 0 Å². The van der Waals surface area contributed by atoms with Gasteiger partial charge in [0, 0.05) is 0 Å². The summed E-state index contributed by atoms with van der Waals surface area (Å²) < 4.78 is 30.6. The topological polar surface area (TPSA) is 66.4 Å². The molecule has 0 radical (unpaired) electrons. The second-order valence-corrected chi connectivity index (χ2v) is 14.3. The molecule has 2 rings (SSSR count). The minimum absolute atomic E-state index is 0.0456. The van der Waals surface area contributed by atoms with Crippen molar-refractivity contribution in [3.8, 4) is 0 Å². The van der Waals surface area contributed by atoms with Crippen molar-refractivity contribution in [3.63, 3.8) is 0 Å². The van der Waals surface area contributed by atoms with Crippen LogP contribution in [0.1, 0.15) is 48.5 Å². The number of hydrogen-bond donors (Lipinski definition) is 1. The SMILES string of the molecule is CC1(C)OC[C@@H]([C@H](O[Si](C)(C)C(C)(C)C)[C@H]2OC(C)(C)O[C@@H]2CO)O1. The van der Waals surface area contributed by atoms with E-state index in [0.717, 1.165) is 0 Å². The van der Waals surface area contributed by atoms with E-state index >= 15 is 0 Å². The lowest BCUT2D eigenvalue weighted by Gasteiger charge is -2.42. The molecule has 0 amide bonds. The third-order valence-electron chi connectivity index (χ3n) is 5.36. The van der Waals surface area contributed by atoms with E-state index in [2.05, 4.69) is 33.9 Å². The predicted octanol–water partition coefficient (Wildman–Crippen LogP) is 3.04. The van der Waals surface area contributed by atoms with Crippen molar-refractivity contribution in [3.05, 3.63) is 0 Å². The molecule has 0 aliphatic carbocycles. The highest BCUT2D eigenvalue weighted by Gasteiger charge is 2.53. The lowest BCUT2D eigenvalue weighted by atomic mass is 10.0. The maximum absolute atomic E-state index is 9.80. The zero-order valence-corrected chi connectivity index (χ0v) is 18.2. The van der Waals surface area contributed by atoms with Crippen molar-refractivity contribution >= 4 is 8.32 Å². The molecule has 0 aromatic carbocycles. The molecule has 148 valence electrons. The lowest BCUT2D eigenvalue weighted by molar-refractivity contribution is -0.176. The van der Waals surface area contributed by atoms with Crippen molar-refractivity contribution in [1.29, 1.82) is 0 Å². The second kappa shape index (κ2) is 6.85. The van der Waals surface area contributed by atoms with Crippen LogP contribution in [0.3, 0.4) is 0 Å². The Kier molecular flexibility index (Phi) is 5.83. The highest BCUT2D eigenvalue weighted by Crippen LogP contribution is 2.42. The zero-order chi connectivity index (χ0) is 19.3. The molecule has 25 heavy (non-hydrogen) atoms. The molecule has 4 atom stereocenters. The van der Waals surface area contributed by atoms with Crippen LogP contribution in [0.25, 0.3) is 0 Å². The van der Waals surface area contributed by atoms with Crippen LogP contribution in [-0.2, 0) is 23.4 Å². The van der Waals surface area contributed by atoms with E-state index in [-0.39, 0.29) is 23.9 Å². The Morgan fingerprint density at radius 2 is 1.68 bits per heavy atom. The van der Waals surface area contributed by atoms with E-state index in [1.807, 2.05) is 27.7 Å². The molecular weight excluding hydrogens is 340 g/mol. The number of ether oxygens (including phenoxy) is 4. The minimum atomic E-state index is -2.09. The summed E-state index contributed by atoms with van der Waals surface area (Å²) in [5.41, 5.74) is 0. The monoisotopic (exact) mass is 376 g/mol. The summed E-state index contributed by atoms with van der Waals surface area (Å²) in [5, 5.41) is 9.85. The summed E-state index contributed by atoms with van der Waals surface area (Å²) >= 11 is 0. The normalized spacial score (nSPS) is 33.6. The molecule has 0 saturated carbocycles. The Bertz CT molecular complexity index is 471. The van der Waals surface area contributed by atoms with E-state index in [1.165, 1.54) is 0 Å². The van der Waals surface area contributed by atoms with Crippen molar-refractivity contribution < 1.29 is 28.5 Å². The van der Waals surface area contributed by atoms with E-state index in [1.54, 1.807) is 0 Å². The number of hydrogen-bond acceptors (Lipinski definition) is 6. The summed E-state index contributed by atoms with van der Waals surface area (Å²) in [5.74, 6) is -1.41. The molecule has 0 aromatic rings. The smallest absolute Gasteiger partial charge is 0.192 e. The van der Waals surface area contributed by atoms with Gasteiger partial charge in [-0.05, 0) is 45.8 Å². The maximum atomic E-state index is 9.80. The molecular formula is C18H36O6Si. The fraction of sp³-hybridized carbons (Fsp3) is 1.00. The van der Waals surface area contributed by atoms with Gasteiger partial charge in [-0.25, -0.2) is 0 Å². The van der Waals surface area contributed by atoms with Gasteiger partial charge in [0.15, 0.2) is 19.9 Å². The summed E-state index contributed by atoms with van der Waals surface area (Å²) in [6.45, 7) is 18.8. The largest absolute Gasteiger partial charge is 0.408 e. The van der Waals surface area contributed by atoms with Crippen molar-refractivity contribution in [1.82, 2.24) is 0 Å². The Hall–Kier alpha value is -0.0231. The van der Waals surface area contributed by atoms with Gasteiger partial charge >= 0.3 is 0 Å². The summed E-state index contributed by atoms with van der Waals surface area (Å²) in [6, 6.07) is 0. The molecule has 2 aliphatic rings. The van der Waals surface area contributed by atoms with Gasteiger partial charge in [0.25, 0.3) is 0 Å². The van der Waals surface area contributed by atoms with Gasteiger partial charge in [0.1, 0.15) is 24.4 Å². The molecule has 0 unspecified atom stereocenters. The van der Waals surface area contributed by atoms with E-state index in [0.29, 0.717) is 6.61 Å². The third kappa shape index (κ3) is 4.83. The highest BCUT2D eigenvalue weighted by molar-refractivity contribution is 6.74. The van der Waals surface area contributed by atoms with Gasteiger partial charge in [-0.15, -0.1) is 0 Å². The molecule has 2 saturated heterocycles. The first-order valence-electron chi connectivity index (χ1n) is 9.13. The van der Waals surface area contributed by atoms with Gasteiger partial charge in [-0.3, -0.25) is 0 Å². The molecule has 6 nitrogen and oxygen atoms in total. The Labute approximate surface area is 153 Å². The van der Waals surface area contributed by atoms with Crippen LogP contribution >= 0.6 is 0 Å². The summed E-state index contributed by atoms with van der Waals surface area (Å²) in [4.78, 5) is 0. The molecule has 2 aliphatic heterocycles. The summed E-state index contributed by atoms with van der Waals surface area (Å²) in [7, 11) is -2.09. The molecule has 1 N–H and O–H groups in total. The molecule has 2 fully saturated rings. The number of aliphatic hydroxyl groups is 1. The highest BCUT2D eigenvalue weighted by atomic mass is 28.4. The van der Waals surface area contributed by atoms with Crippen LogP contribution in [0, 0.1) is 0 Å². The first-order chi connectivity index (χ1) is 11.2. The molecule has 7 heteroatoms. The molecule has 0 aromatic heterocycles. The van der Waals surface area contributed by atoms with Gasteiger partial charge in [0.05, 0.1) is 13.2 Å². The fourth-order valence-electron chi connectivity index (χ4n) is 3.03. The van der Waals surface area contributed by atoms with E-state index in [9.17, 15) is 5.11 Å². The maximum Gasteiger partial charge on any atom is 0.192 e. The zero-order valence-electron chi connectivity index (χ0n) is 17.2. The summed E-state index contributed by atoms with van der Waals surface area (Å²) in [6.07, 6.45) is -1.48. The van der Waals surface area contributed by atoms with Gasteiger partial charge in [-0.1, -0.05) is 20.8 Å². The lowest BCUT2D eigenvalue weighted by Crippen LogP contribution is -2.54. The van der Waals surface area contributed by atoms with Crippen LogP contribution in [-0.4, -0.2) is 62.6 Å². The second-order valence-electron chi connectivity index (χ2n) is 9.53. The standard InChI is InChI=1S/C18H36O6Si/c1-16(2,3)25(8,9)24-15(13-11-20-17(4,5)22-13)14-12(10-19)21-18(6,7)23-14/h12-15,19H,10-11H2,1-9H3/t12-,13+,14+,15+/m1/s1. The van der Waals surface area contributed by atoms with Crippen LogP contribution in [0.5, 0.6) is 0 Å². The average molecular weight is 377 g/mol. The van der Waals surface area contributed by atoms with Crippen LogP contribution in [0.4, 0.5) is 0 Å². The Morgan fingerprint density at radius 1 is 1.08 bits per heavy atom. The molecule has 0 bridgehead atoms. The Morgan fingerprint density at radius 3 is 2.12 bits per heavy atom. The third-order valence-corrected chi connectivity index (χ3v) is 9.83. The number of rotatable bonds is 5. The van der Waals surface area contributed by atoms with Crippen LogP contribution in [0.15, 0.2) is 0 Å².